The van der Waals surface area contributed by atoms with E-state index in [1.807, 2.05) is 0 Å². The molecule has 0 radical (unpaired) electrons. The van der Waals surface area contributed by atoms with Gasteiger partial charge in [0.05, 0.1) is 36.8 Å². The molecule has 3 heterocycles. The van der Waals surface area contributed by atoms with Crippen LogP contribution in [0.1, 0.15) is 23.2 Å². The smallest absolute Gasteiger partial charge is 0.257 e. The molecule has 10 heteroatoms. The van der Waals surface area contributed by atoms with Crippen molar-refractivity contribution < 1.29 is 26.7 Å². The molecule has 0 aromatic carbocycles. The molecule has 0 saturated carbocycles. The molecule has 25 heavy (non-hydrogen) atoms. The molecule has 2 atom stereocenters. The van der Waals surface area contributed by atoms with E-state index in [2.05, 4.69) is 4.98 Å². The standard InChI is InChI=1S/C15H19F2N3O4S/c1-25(22,23)20-6-7-24-13-3-5-19(4-2-12(13)20)15(21)10-8-14(17)18-9-11(10)16/h8-9,12-13H,2-7H2,1H3/t12-,13-/m1/s1. The molecule has 0 unspecified atom stereocenters. The molecule has 0 bridgehead atoms. The summed E-state index contributed by atoms with van der Waals surface area (Å²) in [7, 11) is -3.38. The number of sulfonamides is 1. The lowest BCUT2D eigenvalue weighted by Gasteiger charge is -2.38. The number of fused-ring (bicyclic) bond motifs is 1. The van der Waals surface area contributed by atoms with Gasteiger partial charge in [0.2, 0.25) is 16.0 Å². The number of pyridine rings is 1. The fraction of sp³-hybridized carbons (Fsp3) is 0.600. The summed E-state index contributed by atoms with van der Waals surface area (Å²) in [4.78, 5) is 17.1. The van der Waals surface area contributed by atoms with E-state index >= 15 is 0 Å². The summed E-state index contributed by atoms with van der Waals surface area (Å²) in [5.74, 6) is -2.45. The zero-order valence-corrected chi connectivity index (χ0v) is 14.5. The highest BCUT2D eigenvalue weighted by atomic mass is 32.2. The van der Waals surface area contributed by atoms with E-state index < -0.39 is 27.7 Å². The third-order valence-electron chi connectivity index (χ3n) is 4.59. The molecule has 0 spiro atoms. The minimum absolute atomic E-state index is 0.235. The van der Waals surface area contributed by atoms with Crippen molar-refractivity contribution >= 4 is 15.9 Å². The van der Waals surface area contributed by atoms with Gasteiger partial charge in [0.1, 0.15) is 0 Å². The first-order chi connectivity index (χ1) is 11.8. The summed E-state index contributed by atoms with van der Waals surface area (Å²) in [5, 5.41) is 0. The quantitative estimate of drug-likeness (QED) is 0.709. The minimum Gasteiger partial charge on any atom is -0.375 e. The van der Waals surface area contributed by atoms with Crippen molar-refractivity contribution in [1.29, 1.82) is 0 Å². The highest BCUT2D eigenvalue weighted by Crippen LogP contribution is 2.26. The Morgan fingerprint density at radius 2 is 2.00 bits per heavy atom. The fourth-order valence-corrected chi connectivity index (χ4v) is 4.55. The molecule has 1 aromatic heterocycles. The van der Waals surface area contributed by atoms with Crippen molar-refractivity contribution in [2.75, 3.05) is 32.5 Å². The van der Waals surface area contributed by atoms with E-state index in [0.717, 1.165) is 12.3 Å². The number of hydrogen-bond donors (Lipinski definition) is 0. The van der Waals surface area contributed by atoms with Crippen molar-refractivity contribution in [3.05, 3.63) is 29.6 Å². The number of halogens is 2. The van der Waals surface area contributed by atoms with E-state index in [9.17, 15) is 22.0 Å². The zero-order chi connectivity index (χ0) is 18.2. The summed E-state index contributed by atoms with van der Waals surface area (Å²) >= 11 is 0. The van der Waals surface area contributed by atoms with E-state index in [0.29, 0.717) is 25.6 Å². The molecule has 138 valence electrons. The average Bonchev–Trinajstić information content (AvgIpc) is 2.78. The number of aromatic nitrogens is 1. The largest absolute Gasteiger partial charge is 0.375 e. The van der Waals surface area contributed by atoms with Crippen molar-refractivity contribution in [3.8, 4) is 0 Å². The van der Waals surface area contributed by atoms with Crippen LogP contribution in [0.3, 0.4) is 0 Å². The van der Waals surface area contributed by atoms with Gasteiger partial charge >= 0.3 is 0 Å². The Morgan fingerprint density at radius 1 is 1.28 bits per heavy atom. The van der Waals surface area contributed by atoms with Crippen LogP contribution in [0, 0.1) is 11.8 Å². The lowest BCUT2D eigenvalue weighted by molar-refractivity contribution is -0.0406. The summed E-state index contributed by atoms with van der Waals surface area (Å²) in [6, 6.07) is 0.412. The summed E-state index contributed by atoms with van der Waals surface area (Å²) in [5.41, 5.74) is -0.377. The maximum atomic E-state index is 13.8. The monoisotopic (exact) mass is 375 g/mol. The number of hydrogen-bond acceptors (Lipinski definition) is 5. The Morgan fingerprint density at radius 3 is 2.72 bits per heavy atom. The van der Waals surface area contributed by atoms with Gasteiger partial charge in [-0.3, -0.25) is 4.79 Å². The van der Waals surface area contributed by atoms with Crippen molar-refractivity contribution in [1.82, 2.24) is 14.2 Å². The van der Waals surface area contributed by atoms with Crippen molar-refractivity contribution in [2.24, 2.45) is 0 Å². The molecule has 2 saturated heterocycles. The van der Waals surface area contributed by atoms with Crippen molar-refractivity contribution in [2.45, 2.75) is 25.0 Å². The normalized spacial score (nSPS) is 25.3. The molecule has 0 aliphatic carbocycles. The molecule has 0 N–H and O–H groups in total. The first-order valence-corrected chi connectivity index (χ1v) is 9.81. The number of nitrogens with zero attached hydrogens (tertiary/aromatic N) is 3. The Labute approximate surface area is 144 Å². The van der Waals surface area contributed by atoms with Gasteiger partial charge in [-0.2, -0.15) is 8.70 Å². The van der Waals surface area contributed by atoms with Gasteiger partial charge < -0.3 is 9.64 Å². The molecule has 3 rings (SSSR count). The lowest BCUT2D eigenvalue weighted by atomic mass is 10.0. The van der Waals surface area contributed by atoms with Gasteiger partial charge in [-0.15, -0.1) is 0 Å². The third kappa shape index (κ3) is 3.80. The second kappa shape index (κ2) is 6.93. The Kier molecular flexibility index (Phi) is 5.03. The van der Waals surface area contributed by atoms with Gasteiger partial charge in [-0.05, 0) is 12.8 Å². The molecule has 2 fully saturated rings. The Bertz CT molecular complexity index is 774. The highest BCUT2D eigenvalue weighted by Gasteiger charge is 2.39. The SMILES string of the molecule is CS(=O)(=O)N1CCO[C@@H]2CCN(C(=O)c3cc(F)ncc3F)CC[C@H]21. The lowest BCUT2D eigenvalue weighted by Crippen LogP contribution is -2.53. The number of carbonyl (C=O) groups is 1. The second-order valence-corrected chi connectivity index (χ2v) is 8.14. The van der Waals surface area contributed by atoms with Gasteiger partial charge in [-0.1, -0.05) is 0 Å². The first kappa shape index (κ1) is 18.2. The van der Waals surface area contributed by atoms with E-state index in [1.54, 1.807) is 0 Å². The second-order valence-electron chi connectivity index (χ2n) is 6.21. The Hall–Kier alpha value is -1.65. The van der Waals surface area contributed by atoms with Gasteiger partial charge in [0.25, 0.3) is 5.91 Å². The molecular formula is C15H19F2N3O4S. The summed E-state index contributed by atoms with van der Waals surface area (Å²) < 4.78 is 58.0. The molecule has 1 aromatic rings. The molecule has 2 aliphatic rings. The maximum absolute atomic E-state index is 13.8. The van der Waals surface area contributed by atoms with Crippen LogP contribution in [-0.4, -0.2) is 73.2 Å². The first-order valence-electron chi connectivity index (χ1n) is 7.96. The molecular weight excluding hydrogens is 356 g/mol. The minimum atomic E-state index is -3.38. The van der Waals surface area contributed by atoms with Crippen LogP contribution in [0.5, 0.6) is 0 Å². The zero-order valence-electron chi connectivity index (χ0n) is 13.7. The predicted molar refractivity (Wildman–Crippen MR) is 84.4 cm³/mol. The predicted octanol–water partition coefficient (Wildman–Crippen LogP) is 0.625. The van der Waals surface area contributed by atoms with Crippen molar-refractivity contribution in [3.63, 3.8) is 0 Å². The number of morpholine rings is 1. The highest BCUT2D eigenvalue weighted by molar-refractivity contribution is 7.88. The van der Waals surface area contributed by atoms with Crippen LogP contribution < -0.4 is 0 Å². The molecule has 2 aliphatic heterocycles. The summed E-state index contributed by atoms with van der Waals surface area (Å²) in [6.07, 6.45) is 2.31. The van der Waals surface area contributed by atoms with Crippen LogP contribution in [0.15, 0.2) is 12.3 Å². The van der Waals surface area contributed by atoms with Gasteiger partial charge in [0.15, 0.2) is 5.82 Å². The van der Waals surface area contributed by atoms with E-state index in [4.69, 9.17) is 4.74 Å². The van der Waals surface area contributed by atoms with E-state index in [1.165, 1.54) is 9.21 Å². The molecule has 1 amide bonds. The number of likely N-dealkylation sites (tertiary alicyclic amines) is 1. The number of carbonyl (C=O) groups excluding carboxylic acids is 1. The number of ether oxygens (including phenoxy) is 1. The van der Waals surface area contributed by atoms with Crippen LogP contribution >= 0.6 is 0 Å². The van der Waals surface area contributed by atoms with E-state index in [-0.39, 0.29) is 37.3 Å². The topological polar surface area (TPSA) is 79.8 Å². The van der Waals surface area contributed by atoms with Crippen LogP contribution in [0.4, 0.5) is 8.78 Å². The summed E-state index contributed by atoms with van der Waals surface area (Å²) in [6.45, 7) is 1.09. The van der Waals surface area contributed by atoms with Gasteiger partial charge in [-0.25, -0.2) is 17.8 Å². The molecule has 7 nitrogen and oxygen atoms in total. The van der Waals surface area contributed by atoms with Gasteiger partial charge in [0, 0.05) is 25.7 Å². The van der Waals surface area contributed by atoms with Crippen LogP contribution in [-0.2, 0) is 14.8 Å². The number of rotatable bonds is 2. The fourth-order valence-electron chi connectivity index (χ4n) is 3.41. The third-order valence-corrected chi connectivity index (χ3v) is 5.89. The average molecular weight is 375 g/mol. The maximum Gasteiger partial charge on any atom is 0.257 e. The Balaban J connectivity index is 1.79. The number of amides is 1. The van der Waals surface area contributed by atoms with Crippen LogP contribution in [0.2, 0.25) is 0 Å². The van der Waals surface area contributed by atoms with Crippen LogP contribution in [0.25, 0.3) is 0 Å².